The number of anilines is 1. The molecule has 10 heteroatoms. The number of benzene rings is 3. The predicted molar refractivity (Wildman–Crippen MR) is 153 cm³/mol. The SMILES string of the molecule is CNC(C)C(=O)Nc1ccc(-c2cccc(C(=O)N(C)C)c2)n(Cc2cc(F)cc(Oc3ccc(F)cc3)c2)c1=O. The maximum Gasteiger partial charge on any atom is 0.275 e. The van der Waals surface area contributed by atoms with E-state index in [0.29, 0.717) is 28.1 Å². The molecule has 0 fully saturated rings. The van der Waals surface area contributed by atoms with Crippen LogP contribution in [-0.2, 0) is 11.3 Å². The fourth-order valence-electron chi connectivity index (χ4n) is 4.12. The Kier molecular flexibility index (Phi) is 8.94. The van der Waals surface area contributed by atoms with Gasteiger partial charge in [0.2, 0.25) is 5.91 Å². The summed E-state index contributed by atoms with van der Waals surface area (Å²) >= 11 is 0. The van der Waals surface area contributed by atoms with Crippen molar-refractivity contribution in [3.05, 3.63) is 112 Å². The highest BCUT2D eigenvalue weighted by Gasteiger charge is 2.18. The quantitative estimate of drug-likeness (QED) is 0.304. The van der Waals surface area contributed by atoms with Crippen LogP contribution in [0.5, 0.6) is 11.5 Å². The van der Waals surface area contributed by atoms with E-state index in [0.717, 1.165) is 0 Å². The van der Waals surface area contributed by atoms with Crippen LogP contribution in [0.2, 0.25) is 0 Å². The lowest BCUT2D eigenvalue weighted by atomic mass is 10.1. The number of likely N-dealkylation sites (N-methyl/N-ethyl adjacent to an activating group) is 1. The molecule has 1 unspecified atom stereocenters. The summed E-state index contributed by atoms with van der Waals surface area (Å²) in [5.74, 6) is -1.17. The molecule has 0 bridgehead atoms. The van der Waals surface area contributed by atoms with Gasteiger partial charge >= 0.3 is 0 Å². The first-order valence-corrected chi connectivity index (χ1v) is 12.8. The van der Waals surface area contributed by atoms with Gasteiger partial charge in [-0.15, -0.1) is 0 Å². The standard InChI is InChI=1S/C31H30F2N4O4/c1-19(34-2)29(38)35-27-12-13-28(21-6-5-7-22(16-21)30(39)36(3)4)37(31(27)40)18-20-14-24(33)17-26(15-20)41-25-10-8-23(32)9-11-25/h5-17,19,34H,18H2,1-4H3,(H,35,38). The van der Waals surface area contributed by atoms with Gasteiger partial charge in [-0.3, -0.25) is 14.4 Å². The minimum absolute atomic E-state index is 0.0422. The van der Waals surface area contributed by atoms with Crippen LogP contribution in [0.3, 0.4) is 0 Å². The van der Waals surface area contributed by atoms with Crippen molar-refractivity contribution in [2.45, 2.75) is 19.5 Å². The maximum absolute atomic E-state index is 14.7. The third-order valence-corrected chi connectivity index (χ3v) is 6.39. The van der Waals surface area contributed by atoms with Crippen molar-refractivity contribution in [3.8, 4) is 22.8 Å². The topological polar surface area (TPSA) is 92.7 Å². The van der Waals surface area contributed by atoms with Crippen LogP contribution in [0.15, 0.2) is 83.7 Å². The Morgan fingerprint density at radius 1 is 0.927 bits per heavy atom. The molecule has 3 aromatic carbocycles. The van der Waals surface area contributed by atoms with Crippen molar-refractivity contribution < 1.29 is 23.1 Å². The van der Waals surface area contributed by atoms with Gasteiger partial charge in [0.1, 0.15) is 28.8 Å². The zero-order valence-electron chi connectivity index (χ0n) is 23.1. The largest absolute Gasteiger partial charge is 0.457 e. The number of hydrogen-bond acceptors (Lipinski definition) is 5. The van der Waals surface area contributed by atoms with Crippen molar-refractivity contribution in [3.63, 3.8) is 0 Å². The molecule has 1 heterocycles. The van der Waals surface area contributed by atoms with E-state index < -0.39 is 29.1 Å². The number of carbonyl (C=O) groups is 2. The van der Waals surface area contributed by atoms with Crippen LogP contribution in [0, 0.1) is 11.6 Å². The van der Waals surface area contributed by atoms with Crippen molar-refractivity contribution in [1.29, 1.82) is 0 Å². The lowest BCUT2D eigenvalue weighted by molar-refractivity contribution is -0.117. The second-order valence-corrected chi connectivity index (χ2v) is 9.65. The van der Waals surface area contributed by atoms with Gasteiger partial charge in [-0.1, -0.05) is 12.1 Å². The maximum atomic E-state index is 14.7. The molecular formula is C31H30F2N4O4. The minimum Gasteiger partial charge on any atom is -0.457 e. The number of hydrogen-bond donors (Lipinski definition) is 2. The Labute approximate surface area is 236 Å². The van der Waals surface area contributed by atoms with E-state index in [1.807, 2.05) is 0 Å². The Morgan fingerprint density at radius 2 is 1.66 bits per heavy atom. The molecule has 1 atom stereocenters. The third-order valence-electron chi connectivity index (χ3n) is 6.39. The lowest BCUT2D eigenvalue weighted by Gasteiger charge is -2.18. The van der Waals surface area contributed by atoms with Gasteiger partial charge in [-0.05, 0) is 85.8 Å². The Hall–Kier alpha value is -4.83. The molecular weight excluding hydrogens is 530 g/mol. The lowest BCUT2D eigenvalue weighted by Crippen LogP contribution is -2.37. The van der Waals surface area contributed by atoms with E-state index in [1.54, 1.807) is 64.5 Å². The van der Waals surface area contributed by atoms with E-state index in [-0.39, 0.29) is 23.9 Å². The third kappa shape index (κ3) is 7.03. The monoisotopic (exact) mass is 560 g/mol. The Bertz CT molecular complexity index is 1630. The number of nitrogens with zero attached hydrogens (tertiary/aromatic N) is 2. The molecule has 0 aliphatic carbocycles. The first kappa shape index (κ1) is 29.2. The van der Waals surface area contributed by atoms with Gasteiger partial charge in [0.05, 0.1) is 18.3 Å². The molecule has 0 saturated heterocycles. The Morgan fingerprint density at radius 3 is 2.34 bits per heavy atom. The van der Waals surface area contributed by atoms with Gasteiger partial charge in [0, 0.05) is 25.7 Å². The average molecular weight is 561 g/mol. The summed E-state index contributed by atoms with van der Waals surface area (Å²) in [6, 6.07) is 18.7. The zero-order valence-corrected chi connectivity index (χ0v) is 23.1. The molecule has 4 rings (SSSR count). The highest BCUT2D eigenvalue weighted by molar-refractivity contribution is 5.95. The predicted octanol–water partition coefficient (Wildman–Crippen LogP) is 4.88. The first-order chi connectivity index (χ1) is 19.5. The number of pyridine rings is 1. The number of halogens is 2. The summed E-state index contributed by atoms with van der Waals surface area (Å²) < 4.78 is 35.1. The van der Waals surface area contributed by atoms with Gasteiger partial charge in [0.15, 0.2) is 0 Å². The molecule has 0 aliphatic rings. The summed E-state index contributed by atoms with van der Waals surface area (Å²) in [5.41, 5.74) is 1.38. The average Bonchev–Trinajstić information content (AvgIpc) is 2.95. The smallest absolute Gasteiger partial charge is 0.275 e. The summed E-state index contributed by atoms with van der Waals surface area (Å²) in [7, 11) is 4.91. The molecule has 2 amide bonds. The molecule has 0 saturated carbocycles. The fourth-order valence-corrected chi connectivity index (χ4v) is 4.12. The van der Waals surface area contributed by atoms with E-state index >= 15 is 0 Å². The van der Waals surface area contributed by atoms with E-state index in [2.05, 4.69) is 10.6 Å². The second-order valence-electron chi connectivity index (χ2n) is 9.65. The highest BCUT2D eigenvalue weighted by atomic mass is 19.1. The van der Waals surface area contributed by atoms with Crippen molar-refractivity contribution in [1.82, 2.24) is 14.8 Å². The molecule has 0 radical (unpaired) electrons. The molecule has 0 aliphatic heterocycles. The molecule has 0 spiro atoms. The van der Waals surface area contributed by atoms with E-state index in [1.165, 1.54) is 51.9 Å². The van der Waals surface area contributed by atoms with Crippen LogP contribution < -0.4 is 20.9 Å². The number of rotatable bonds is 9. The summed E-state index contributed by atoms with van der Waals surface area (Å²) in [4.78, 5) is 40.3. The molecule has 212 valence electrons. The van der Waals surface area contributed by atoms with E-state index in [4.69, 9.17) is 4.74 Å². The zero-order chi connectivity index (χ0) is 29.7. The first-order valence-electron chi connectivity index (χ1n) is 12.8. The van der Waals surface area contributed by atoms with E-state index in [9.17, 15) is 23.2 Å². The number of carbonyl (C=O) groups excluding carboxylic acids is 2. The normalized spacial score (nSPS) is 11.6. The van der Waals surface area contributed by atoms with Crippen LogP contribution in [0.4, 0.5) is 14.5 Å². The van der Waals surface area contributed by atoms with Gasteiger partial charge in [-0.25, -0.2) is 8.78 Å². The molecule has 41 heavy (non-hydrogen) atoms. The molecule has 8 nitrogen and oxygen atoms in total. The van der Waals surface area contributed by atoms with Crippen LogP contribution >= 0.6 is 0 Å². The number of ether oxygens (including phenoxy) is 1. The minimum atomic E-state index is -0.597. The summed E-state index contributed by atoms with van der Waals surface area (Å²) in [6.07, 6.45) is 0. The van der Waals surface area contributed by atoms with Gasteiger partial charge in [-0.2, -0.15) is 0 Å². The highest BCUT2D eigenvalue weighted by Crippen LogP contribution is 2.26. The number of aromatic nitrogens is 1. The summed E-state index contributed by atoms with van der Waals surface area (Å²) in [6.45, 7) is 1.58. The van der Waals surface area contributed by atoms with Crippen LogP contribution in [0.1, 0.15) is 22.8 Å². The fraction of sp³-hybridized carbons (Fsp3) is 0.194. The van der Waals surface area contributed by atoms with Crippen molar-refractivity contribution in [2.75, 3.05) is 26.5 Å². The van der Waals surface area contributed by atoms with Gasteiger partial charge < -0.3 is 24.8 Å². The molecule has 4 aromatic rings. The number of nitrogens with one attached hydrogen (secondary N) is 2. The molecule has 1 aromatic heterocycles. The molecule has 2 N–H and O–H groups in total. The summed E-state index contributed by atoms with van der Waals surface area (Å²) in [5, 5.41) is 5.47. The van der Waals surface area contributed by atoms with Gasteiger partial charge in [0.25, 0.3) is 11.5 Å². The second kappa shape index (κ2) is 12.6. The van der Waals surface area contributed by atoms with Crippen LogP contribution in [0.25, 0.3) is 11.3 Å². The van der Waals surface area contributed by atoms with Crippen LogP contribution in [-0.4, -0.2) is 48.5 Å². The van der Waals surface area contributed by atoms with Crippen molar-refractivity contribution in [2.24, 2.45) is 0 Å². The Balaban J connectivity index is 1.78. The van der Waals surface area contributed by atoms with Crippen molar-refractivity contribution >= 4 is 17.5 Å². The number of amides is 2.